The van der Waals surface area contributed by atoms with E-state index in [0.717, 1.165) is 15.4 Å². The number of aldehydes is 1. The Morgan fingerprint density at radius 3 is 2.92 bits per heavy atom. The van der Waals surface area contributed by atoms with Crippen molar-refractivity contribution in [2.24, 2.45) is 0 Å². The first-order valence-corrected chi connectivity index (χ1v) is 4.73. The van der Waals surface area contributed by atoms with Gasteiger partial charge in [0.2, 0.25) is 0 Å². The second kappa shape index (κ2) is 4.45. The molecule has 1 aromatic rings. The topological polar surface area (TPSA) is 37.3 Å². The first kappa shape index (κ1) is 9.51. The molecular weight excluding hydrogens is 267 g/mol. The van der Waals surface area contributed by atoms with Crippen molar-refractivity contribution < 1.29 is 9.90 Å². The van der Waals surface area contributed by atoms with Crippen LogP contribution in [0.3, 0.4) is 0 Å². The molecule has 0 aliphatic rings. The normalized spacial score (nSPS) is 9.75. The molecule has 3 heteroatoms. The number of benzene rings is 1. The van der Waals surface area contributed by atoms with Gasteiger partial charge < -0.3 is 9.90 Å². The summed E-state index contributed by atoms with van der Waals surface area (Å²) in [5.74, 6) is 0.275. The fraction of sp³-hybridized carbons (Fsp3) is 0.222. The largest absolute Gasteiger partial charge is 0.508 e. The molecule has 2 nitrogen and oxygen atoms in total. The molecule has 12 heavy (non-hydrogen) atoms. The highest BCUT2D eigenvalue weighted by molar-refractivity contribution is 14.1. The van der Waals surface area contributed by atoms with Gasteiger partial charge in [-0.15, -0.1) is 0 Å². The summed E-state index contributed by atoms with van der Waals surface area (Å²) in [5, 5.41) is 9.34. The molecule has 1 N–H and O–H groups in total. The molecule has 0 atom stereocenters. The van der Waals surface area contributed by atoms with E-state index in [0.29, 0.717) is 12.8 Å². The van der Waals surface area contributed by atoms with Crippen molar-refractivity contribution in [2.45, 2.75) is 12.8 Å². The predicted molar refractivity (Wildman–Crippen MR) is 55.2 cm³/mol. The lowest BCUT2D eigenvalue weighted by Crippen LogP contribution is -1.87. The molecule has 0 aliphatic carbocycles. The predicted octanol–water partition coefficient (Wildman–Crippen LogP) is 2.13. The number of carbonyl (C=O) groups is 1. The van der Waals surface area contributed by atoms with E-state index in [1.165, 1.54) is 0 Å². The molecule has 0 aliphatic heterocycles. The number of phenolic OH excluding ortho intramolecular Hbond substituents is 1. The maximum atomic E-state index is 10.1. The lowest BCUT2D eigenvalue weighted by Gasteiger charge is -2.01. The average molecular weight is 276 g/mol. The summed E-state index contributed by atoms with van der Waals surface area (Å²) in [7, 11) is 0. The van der Waals surface area contributed by atoms with E-state index >= 15 is 0 Å². The van der Waals surface area contributed by atoms with Crippen LogP contribution in [0.25, 0.3) is 0 Å². The molecule has 1 rings (SSSR count). The van der Waals surface area contributed by atoms with Crippen molar-refractivity contribution in [3.63, 3.8) is 0 Å². The Bertz CT molecular complexity index is 284. The Balaban J connectivity index is 2.82. The number of carbonyl (C=O) groups excluding carboxylic acids is 1. The second-order valence-electron chi connectivity index (χ2n) is 2.48. The maximum Gasteiger partial charge on any atom is 0.120 e. The summed E-state index contributed by atoms with van der Waals surface area (Å²) in [4.78, 5) is 10.1. The van der Waals surface area contributed by atoms with Gasteiger partial charge >= 0.3 is 0 Å². The second-order valence-corrected chi connectivity index (χ2v) is 3.72. The first-order chi connectivity index (χ1) is 5.74. The summed E-state index contributed by atoms with van der Waals surface area (Å²) in [5.41, 5.74) is 0.842. The molecule has 0 radical (unpaired) electrons. The highest BCUT2D eigenvalue weighted by Crippen LogP contribution is 2.20. The Labute approximate surface area is 84.7 Å². The lowest BCUT2D eigenvalue weighted by molar-refractivity contribution is -0.107. The highest BCUT2D eigenvalue weighted by atomic mass is 127. The molecule has 0 heterocycles. The highest BCUT2D eigenvalue weighted by Gasteiger charge is 2.00. The van der Waals surface area contributed by atoms with Gasteiger partial charge in [-0.1, -0.05) is 0 Å². The van der Waals surface area contributed by atoms with Crippen molar-refractivity contribution in [1.82, 2.24) is 0 Å². The van der Waals surface area contributed by atoms with Crippen LogP contribution in [0.4, 0.5) is 0 Å². The minimum Gasteiger partial charge on any atom is -0.508 e. The standard InChI is InChI=1S/C9H9IO2/c10-8-3-4-9(12)7(6-8)2-1-5-11/h3-6,12H,1-2H2. The minimum absolute atomic E-state index is 0.275. The van der Waals surface area contributed by atoms with Gasteiger partial charge in [0, 0.05) is 9.99 Å². The van der Waals surface area contributed by atoms with Crippen molar-refractivity contribution in [2.75, 3.05) is 0 Å². The molecule has 0 amide bonds. The summed E-state index contributed by atoms with van der Waals surface area (Å²) in [6.07, 6.45) is 1.94. The number of halogens is 1. The quantitative estimate of drug-likeness (QED) is 0.678. The number of aromatic hydroxyl groups is 1. The minimum atomic E-state index is 0.275. The Hall–Kier alpha value is -0.580. The van der Waals surface area contributed by atoms with E-state index in [1.807, 2.05) is 12.1 Å². The third-order valence-electron chi connectivity index (χ3n) is 1.57. The average Bonchev–Trinajstić information content (AvgIpc) is 2.07. The van der Waals surface area contributed by atoms with Crippen LogP contribution in [0.2, 0.25) is 0 Å². The van der Waals surface area contributed by atoms with E-state index in [4.69, 9.17) is 0 Å². The monoisotopic (exact) mass is 276 g/mol. The van der Waals surface area contributed by atoms with Crippen LogP contribution in [0.15, 0.2) is 18.2 Å². The van der Waals surface area contributed by atoms with Gasteiger partial charge in [-0.05, 0) is 52.8 Å². The molecule has 64 valence electrons. The van der Waals surface area contributed by atoms with Gasteiger partial charge in [-0.25, -0.2) is 0 Å². The first-order valence-electron chi connectivity index (χ1n) is 3.65. The van der Waals surface area contributed by atoms with E-state index in [9.17, 15) is 9.90 Å². The fourth-order valence-electron chi connectivity index (χ4n) is 0.969. The molecule has 0 fully saturated rings. The Kier molecular flexibility index (Phi) is 3.52. The number of hydrogen-bond acceptors (Lipinski definition) is 2. The van der Waals surface area contributed by atoms with Gasteiger partial charge in [-0.2, -0.15) is 0 Å². The zero-order chi connectivity index (χ0) is 8.97. The third kappa shape index (κ3) is 2.48. The molecule has 1 aromatic carbocycles. The van der Waals surface area contributed by atoms with Gasteiger partial charge in [0.1, 0.15) is 12.0 Å². The van der Waals surface area contributed by atoms with E-state index in [1.54, 1.807) is 6.07 Å². The molecule has 0 unspecified atom stereocenters. The van der Waals surface area contributed by atoms with Crippen LogP contribution in [-0.4, -0.2) is 11.4 Å². The Morgan fingerprint density at radius 2 is 2.25 bits per heavy atom. The smallest absolute Gasteiger partial charge is 0.120 e. The summed E-state index contributed by atoms with van der Waals surface area (Å²) in [6, 6.07) is 5.38. The summed E-state index contributed by atoms with van der Waals surface area (Å²) >= 11 is 2.17. The van der Waals surface area contributed by atoms with Crippen LogP contribution < -0.4 is 0 Å². The van der Waals surface area contributed by atoms with Crippen LogP contribution in [-0.2, 0) is 11.2 Å². The molecule has 0 saturated heterocycles. The van der Waals surface area contributed by atoms with E-state index in [2.05, 4.69) is 22.6 Å². The summed E-state index contributed by atoms with van der Waals surface area (Å²) in [6.45, 7) is 0. The maximum absolute atomic E-state index is 10.1. The SMILES string of the molecule is O=CCCc1cc(I)ccc1O. The van der Waals surface area contributed by atoms with Crippen molar-refractivity contribution in [3.05, 3.63) is 27.3 Å². The van der Waals surface area contributed by atoms with Gasteiger partial charge in [0.15, 0.2) is 0 Å². The van der Waals surface area contributed by atoms with Crippen molar-refractivity contribution >= 4 is 28.9 Å². The van der Waals surface area contributed by atoms with Gasteiger partial charge in [-0.3, -0.25) is 0 Å². The molecule has 0 aromatic heterocycles. The van der Waals surface area contributed by atoms with Crippen molar-refractivity contribution in [3.8, 4) is 5.75 Å². The van der Waals surface area contributed by atoms with Crippen LogP contribution in [0, 0.1) is 3.57 Å². The fourth-order valence-corrected chi connectivity index (χ4v) is 1.52. The Morgan fingerprint density at radius 1 is 1.50 bits per heavy atom. The zero-order valence-electron chi connectivity index (χ0n) is 6.46. The van der Waals surface area contributed by atoms with Gasteiger partial charge in [0.25, 0.3) is 0 Å². The molecular formula is C9H9IO2. The van der Waals surface area contributed by atoms with Crippen LogP contribution >= 0.6 is 22.6 Å². The zero-order valence-corrected chi connectivity index (χ0v) is 8.61. The van der Waals surface area contributed by atoms with E-state index in [-0.39, 0.29) is 5.75 Å². The molecule has 0 bridgehead atoms. The number of phenols is 1. The van der Waals surface area contributed by atoms with Crippen LogP contribution in [0.1, 0.15) is 12.0 Å². The van der Waals surface area contributed by atoms with Crippen molar-refractivity contribution in [1.29, 1.82) is 0 Å². The lowest BCUT2D eigenvalue weighted by atomic mass is 10.1. The number of aryl methyl sites for hydroxylation is 1. The van der Waals surface area contributed by atoms with Crippen LogP contribution in [0.5, 0.6) is 5.75 Å². The third-order valence-corrected chi connectivity index (χ3v) is 2.24. The number of rotatable bonds is 3. The van der Waals surface area contributed by atoms with Gasteiger partial charge in [0.05, 0.1) is 0 Å². The molecule has 0 spiro atoms. The molecule has 0 saturated carbocycles. The van der Waals surface area contributed by atoms with E-state index < -0.39 is 0 Å². The summed E-state index contributed by atoms with van der Waals surface area (Å²) < 4.78 is 1.08. The number of hydrogen-bond donors (Lipinski definition) is 1.